The summed E-state index contributed by atoms with van der Waals surface area (Å²) < 4.78 is 18.0. The molecule has 0 N–H and O–H groups in total. The summed E-state index contributed by atoms with van der Waals surface area (Å²) in [7, 11) is 0. The largest absolute Gasteiger partial charge is 0.490 e. The molecule has 0 fully saturated rings. The predicted molar refractivity (Wildman–Crippen MR) is 147 cm³/mol. The Hall–Kier alpha value is -4.13. The van der Waals surface area contributed by atoms with E-state index in [1.165, 1.54) is 4.90 Å². The van der Waals surface area contributed by atoms with Gasteiger partial charge in [-0.25, -0.2) is 4.98 Å². The highest BCUT2D eigenvalue weighted by molar-refractivity contribution is 6.10. The maximum atomic E-state index is 13.9. The zero-order chi connectivity index (χ0) is 27.0. The molecule has 0 radical (unpaired) electrons. The summed E-state index contributed by atoms with van der Waals surface area (Å²) in [6, 6.07) is 13.9. The van der Waals surface area contributed by atoms with E-state index < -0.39 is 11.9 Å². The van der Waals surface area contributed by atoms with Crippen LogP contribution in [-0.4, -0.2) is 24.1 Å². The van der Waals surface area contributed by atoms with Crippen molar-refractivity contribution in [3.05, 3.63) is 93.0 Å². The summed E-state index contributed by atoms with van der Waals surface area (Å²) in [5, 5.41) is 0.443. The van der Waals surface area contributed by atoms with Crippen molar-refractivity contribution in [1.29, 1.82) is 0 Å². The van der Waals surface area contributed by atoms with Crippen molar-refractivity contribution < 1.29 is 18.7 Å². The monoisotopic (exact) mass is 512 g/mol. The topological polar surface area (TPSA) is 81.9 Å². The van der Waals surface area contributed by atoms with Crippen LogP contribution in [0.2, 0.25) is 0 Å². The second-order valence-corrected chi connectivity index (χ2v) is 10.1. The molecule has 3 heterocycles. The lowest BCUT2D eigenvalue weighted by atomic mass is 9.97. The van der Waals surface area contributed by atoms with Crippen LogP contribution in [0.5, 0.6) is 11.5 Å². The second kappa shape index (κ2) is 10.3. The number of rotatable bonds is 8. The van der Waals surface area contributed by atoms with Crippen LogP contribution in [0.15, 0.2) is 63.9 Å². The van der Waals surface area contributed by atoms with E-state index in [1.54, 1.807) is 24.4 Å². The summed E-state index contributed by atoms with van der Waals surface area (Å²) >= 11 is 0. The Kier molecular flexibility index (Phi) is 6.93. The summed E-state index contributed by atoms with van der Waals surface area (Å²) in [6.07, 6.45) is 2.62. The third-order valence-electron chi connectivity index (χ3n) is 6.70. The number of hydrogen-bond donors (Lipinski definition) is 0. The van der Waals surface area contributed by atoms with Crippen molar-refractivity contribution >= 4 is 22.7 Å². The molecule has 1 atom stereocenters. The van der Waals surface area contributed by atoms with Crippen LogP contribution in [0.3, 0.4) is 0 Å². The lowest BCUT2D eigenvalue weighted by Gasteiger charge is -2.25. The summed E-state index contributed by atoms with van der Waals surface area (Å²) in [4.78, 5) is 33.8. The van der Waals surface area contributed by atoms with Crippen LogP contribution < -0.4 is 19.8 Å². The first kappa shape index (κ1) is 25.5. The van der Waals surface area contributed by atoms with Gasteiger partial charge < -0.3 is 13.9 Å². The second-order valence-electron chi connectivity index (χ2n) is 10.1. The number of ether oxygens (including phenoxy) is 2. The first-order valence-corrected chi connectivity index (χ1v) is 13.0. The Morgan fingerprint density at radius 1 is 0.974 bits per heavy atom. The number of nitrogens with zero attached hydrogens (tertiary/aromatic N) is 2. The number of amides is 1. The SMILES string of the molecule is CCOc1cc(C2c3c(oc4ccc(C)cc4c3=O)C(=O)N2c2ccc(C)cn2)ccc1OCCC(C)C. The minimum Gasteiger partial charge on any atom is -0.490 e. The predicted octanol–water partition coefficient (Wildman–Crippen LogP) is 6.38. The lowest BCUT2D eigenvalue weighted by Crippen LogP contribution is -2.30. The van der Waals surface area contributed by atoms with Crippen LogP contribution in [0, 0.1) is 19.8 Å². The number of anilines is 1. The molecule has 0 bridgehead atoms. The fourth-order valence-electron chi connectivity index (χ4n) is 4.73. The van der Waals surface area contributed by atoms with Crippen LogP contribution in [-0.2, 0) is 0 Å². The van der Waals surface area contributed by atoms with Gasteiger partial charge in [0, 0.05) is 6.20 Å². The molecule has 2 aromatic heterocycles. The molecule has 1 aliphatic heterocycles. The summed E-state index contributed by atoms with van der Waals surface area (Å²) in [5.41, 5.74) is 3.06. The number of aryl methyl sites for hydroxylation is 2. The van der Waals surface area contributed by atoms with Gasteiger partial charge in [-0.1, -0.05) is 37.6 Å². The summed E-state index contributed by atoms with van der Waals surface area (Å²) in [6.45, 7) is 11.1. The molecular formula is C31H32N2O5. The van der Waals surface area contributed by atoms with Crippen LogP contribution in [0.1, 0.15) is 66.0 Å². The van der Waals surface area contributed by atoms with Crippen LogP contribution in [0.4, 0.5) is 5.82 Å². The van der Waals surface area contributed by atoms with Gasteiger partial charge in [0.1, 0.15) is 11.4 Å². The fraction of sp³-hybridized carbons (Fsp3) is 0.323. The van der Waals surface area contributed by atoms with E-state index >= 15 is 0 Å². The average Bonchev–Trinajstić information content (AvgIpc) is 3.18. The van der Waals surface area contributed by atoms with Gasteiger partial charge in [-0.15, -0.1) is 0 Å². The van der Waals surface area contributed by atoms with Crippen molar-refractivity contribution in [2.24, 2.45) is 5.92 Å². The van der Waals surface area contributed by atoms with E-state index in [4.69, 9.17) is 13.9 Å². The standard InChI is InChI=1S/C31H32N2O5/c1-6-36-25-16-21(9-11-24(25)37-14-13-18(2)3)28-27-29(34)22-15-19(4)7-10-23(22)38-30(27)31(35)33(28)26-12-8-20(5)17-32-26/h7-12,15-18,28H,6,13-14H2,1-5H3. The normalized spacial score (nSPS) is 14.8. The maximum Gasteiger partial charge on any atom is 0.296 e. The van der Waals surface area contributed by atoms with Crippen molar-refractivity contribution in [1.82, 2.24) is 4.98 Å². The molecular weight excluding hydrogens is 480 g/mol. The van der Waals surface area contributed by atoms with E-state index in [2.05, 4.69) is 18.8 Å². The number of benzene rings is 2. The maximum absolute atomic E-state index is 13.9. The Morgan fingerprint density at radius 3 is 2.47 bits per heavy atom. The quantitative estimate of drug-likeness (QED) is 0.273. The van der Waals surface area contributed by atoms with Gasteiger partial charge in [-0.3, -0.25) is 14.5 Å². The number of hydrogen-bond acceptors (Lipinski definition) is 6. The molecule has 7 heteroatoms. The zero-order valence-corrected chi connectivity index (χ0v) is 22.4. The van der Waals surface area contributed by atoms with Crippen molar-refractivity contribution in [3.63, 3.8) is 0 Å². The van der Waals surface area contributed by atoms with Gasteiger partial charge in [0.25, 0.3) is 5.91 Å². The number of fused-ring (bicyclic) bond motifs is 2. The Balaban J connectivity index is 1.69. The van der Waals surface area contributed by atoms with Gasteiger partial charge in [-0.2, -0.15) is 0 Å². The zero-order valence-electron chi connectivity index (χ0n) is 22.4. The van der Waals surface area contributed by atoms with Gasteiger partial charge in [0.05, 0.1) is 30.2 Å². The van der Waals surface area contributed by atoms with E-state index in [1.807, 2.05) is 51.1 Å². The lowest BCUT2D eigenvalue weighted by molar-refractivity contribution is 0.0970. The number of aromatic nitrogens is 1. The fourth-order valence-corrected chi connectivity index (χ4v) is 4.73. The molecule has 5 rings (SSSR count). The molecule has 4 aromatic rings. The number of carbonyl (C=O) groups is 1. The Morgan fingerprint density at radius 2 is 1.76 bits per heavy atom. The van der Waals surface area contributed by atoms with Gasteiger partial charge in [0.15, 0.2) is 16.9 Å². The first-order chi connectivity index (χ1) is 18.3. The molecule has 38 heavy (non-hydrogen) atoms. The molecule has 0 spiro atoms. The highest BCUT2D eigenvalue weighted by Crippen LogP contribution is 2.43. The molecule has 2 aromatic carbocycles. The van der Waals surface area contributed by atoms with E-state index in [0.29, 0.717) is 58.5 Å². The van der Waals surface area contributed by atoms with E-state index in [9.17, 15) is 9.59 Å². The first-order valence-electron chi connectivity index (χ1n) is 13.0. The van der Waals surface area contributed by atoms with Crippen LogP contribution >= 0.6 is 0 Å². The number of carbonyl (C=O) groups excluding carboxylic acids is 1. The molecule has 1 amide bonds. The van der Waals surface area contributed by atoms with Gasteiger partial charge >= 0.3 is 0 Å². The molecule has 1 unspecified atom stereocenters. The number of pyridine rings is 1. The van der Waals surface area contributed by atoms with E-state index in [0.717, 1.165) is 17.5 Å². The smallest absolute Gasteiger partial charge is 0.296 e. The van der Waals surface area contributed by atoms with Crippen molar-refractivity contribution in [2.45, 2.75) is 47.1 Å². The van der Waals surface area contributed by atoms with Crippen molar-refractivity contribution in [3.8, 4) is 11.5 Å². The Labute approximate surface area is 222 Å². The van der Waals surface area contributed by atoms with Gasteiger partial charge in [0.2, 0.25) is 5.76 Å². The average molecular weight is 513 g/mol. The molecule has 196 valence electrons. The van der Waals surface area contributed by atoms with Gasteiger partial charge in [-0.05, 0) is 74.6 Å². The minimum atomic E-state index is -0.738. The third kappa shape index (κ3) is 4.64. The highest BCUT2D eigenvalue weighted by atomic mass is 16.5. The molecule has 7 nitrogen and oxygen atoms in total. The van der Waals surface area contributed by atoms with E-state index in [-0.39, 0.29) is 11.2 Å². The molecule has 0 saturated heterocycles. The van der Waals surface area contributed by atoms with Crippen molar-refractivity contribution in [2.75, 3.05) is 18.1 Å². The minimum absolute atomic E-state index is 0.0361. The molecule has 0 saturated carbocycles. The Bertz CT molecular complexity index is 1560. The third-order valence-corrected chi connectivity index (χ3v) is 6.70. The summed E-state index contributed by atoms with van der Waals surface area (Å²) in [5.74, 6) is 1.77. The molecule has 1 aliphatic rings. The highest BCUT2D eigenvalue weighted by Gasteiger charge is 2.44. The van der Waals surface area contributed by atoms with Crippen LogP contribution in [0.25, 0.3) is 11.0 Å². The molecule has 0 aliphatic carbocycles.